The Morgan fingerprint density at radius 1 is 1.20 bits per heavy atom. The van der Waals surface area contributed by atoms with E-state index in [0.29, 0.717) is 23.7 Å². The normalized spacial score (nSPS) is 21.7. The van der Waals surface area contributed by atoms with Crippen molar-refractivity contribution in [3.8, 4) is 17.1 Å². The first-order valence-corrected chi connectivity index (χ1v) is 14.3. The summed E-state index contributed by atoms with van der Waals surface area (Å²) < 4.78 is 88.6. The predicted octanol–water partition coefficient (Wildman–Crippen LogP) is 2.60. The third-order valence-electron chi connectivity index (χ3n) is 8.28. The van der Waals surface area contributed by atoms with Gasteiger partial charge in [0.25, 0.3) is 11.8 Å². The smallest absolute Gasteiger partial charge is 0.417 e. The highest BCUT2D eigenvalue weighted by Gasteiger charge is 2.52. The molecule has 2 saturated heterocycles. The monoisotopic (exact) mass is 658 g/mol. The zero-order chi connectivity index (χ0) is 33.6. The van der Waals surface area contributed by atoms with E-state index in [2.05, 4.69) is 20.4 Å². The number of carbonyl (C=O) groups excluding carboxylic acids is 2. The molecule has 12 nitrogen and oxygen atoms in total. The minimum Gasteiger partial charge on any atom is -0.480 e. The molecule has 5 rings (SSSR count). The molecule has 3 atom stereocenters. The Labute approximate surface area is 258 Å². The first-order valence-electron chi connectivity index (χ1n) is 14.3. The molecule has 4 N–H and O–H groups in total. The molecule has 3 aromatic rings. The molecule has 0 aliphatic carbocycles. The van der Waals surface area contributed by atoms with E-state index in [1.54, 1.807) is 6.07 Å². The van der Waals surface area contributed by atoms with Gasteiger partial charge in [0.15, 0.2) is 11.4 Å². The van der Waals surface area contributed by atoms with E-state index >= 15 is 4.39 Å². The minimum atomic E-state index is -5.08. The number of hydrogen-bond acceptors (Lipinski definition) is 9. The van der Waals surface area contributed by atoms with Crippen molar-refractivity contribution >= 4 is 23.1 Å². The Balaban J connectivity index is 1.43. The molecule has 2 fully saturated rings. The molecule has 5 heterocycles. The summed E-state index contributed by atoms with van der Waals surface area (Å²) in [7, 11) is 1.26. The van der Waals surface area contributed by atoms with Gasteiger partial charge in [-0.15, -0.1) is 0 Å². The molecule has 0 radical (unpaired) electrons. The van der Waals surface area contributed by atoms with E-state index < -0.39 is 61.2 Å². The maximum Gasteiger partial charge on any atom is 0.417 e. The summed E-state index contributed by atoms with van der Waals surface area (Å²) in [4.78, 5) is 37.0. The van der Waals surface area contributed by atoms with Gasteiger partial charge in [0.2, 0.25) is 11.8 Å². The maximum absolute atomic E-state index is 15.0. The van der Waals surface area contributed by atoms with Gasteiger partial charge in [0, 0.05) is 50.8 Å². The number of carbonyl (C=O) groups is 2. The number of alkyl halides is 6. The standard InChI is InChI=1S/C28H32F6N8O4/c1-26(45,28(32,33)34)10-20(43)41-12-17(29)18(13-41)39-24(44)21-16(3-6-36-25(21)46-2)19-9-15(22-23(35)37-14-38-42(19)22)11-40-7-4-27(30,31)5-8-40/h3,6,9,14,17-18,45H,4-5,7-8,10-13H2,1-2H3,(H,39,44)(H2,35,37,38)/t17-,18+,26?/m0/s1. The van der Waals surface area contributed by atoms with Gasteiger partial charge in [-0.2, -0.15) is 18.3 Å². The number of aromatic nitrogens is 4. The summed E-state index contributed by atoms with van der Waals surface area (Å²) in [6.07, 6.45) is -6.28. The molecule has 3 aromatic heterocycles. The third kappa shape index (κ3) is 6.53. The number of nitrogen functional groups attached to an aromatic ring is 1. The number of anilines is 1. The molecular formula is C28H32F6N8O4. The lowest BCUT2D eigenvalue weighted by atomic mass is 10.0. The molecule has 2 aliphatic heterocycles. The van der Waals surface area contributed by atoms with E-state index in [-0.39, 0.29) is 55.3 Å². The molecule has 2 amide bonds. The van der Waals surface area contributed by atoms with Crippen molar-refractivity contribution in [2.75, 3.05) is 39.0 Å². The van der Waals surface area contributed by atoms with Crippen LogP contribution < -0.4 is 15.8 Å². The Morgan fingerprint density at radius 3 is 2.54 bits per heavy atom. The number of nitrogens with two attached hydrogens (primary N) is 1. The van der Waals surface area contributed by atoms with E-state index in [1.807, 2.05) is 4.90 Å². The molecule has 46 heavy (non-hydrogen) atoms. The Hall–Kier alpha value is -4.19. The Morgan fingerprint density at radius 2 is 1.89 bits per heavy atom. The van der Waals surface area contributed by atoms with Gasteiger partial charge in [-0.1, -0.05) is 0 Å². The molecular weight excluding hydrogens is 626 g/mol. The summed E-state index contributed by atoms with van der Waals surface area (Å²) in [6.45, 7) is -0.0815. The Bertz CT molecular complexity index is 1620. The minimum absolute atomic E-state index is 0.103. The average Bonchev–Trinajstić information content (AvgIpc) is 3.53. The number of halogens is 6. The number of amides is 2. The molecule has 2 aliphatic rings. The zero-order valence-corrected chi connectivity index (χ0v) is 24.8. The lowest BCUT2D eigenvalue weighted by molar-refractivity contribution is -0.254. The number of hydrogen-bond donors (Lipinski definition) is 3. The fourth-order valence-corrected chi connectivity index (χ4v) is 5.62. The summed E-state index contributed by atoms with van der Waals surface area (Å²) in [6, 6.07) is 1.86. The van der Waals surface area contributed by atoms with Gasteiger partial charge in [0.1, 0.15) is 23.6 Å². The fourth-order valence-electron chi connectivity index (χ4n) is 5.62. The topological polar surface area (TPSA) is 151 Å². The van der Waals surface area contributed by atoms with Crippen LogP contribution in [0.1, 0.15) is 42.1 Å². The maximum atomic E-state index is 15.0. The van der Waals surface area contributed by atoms with Crippen LogP contribution in [0.25, 0.3) is 16.8 Å². The number of aliphatic hydroxyl groups is 1. The number of rotatable bonds is 8. The van der Waals surface area contributed by atoms with Crippen molar-refractivity contribution in [1.29, 1.82) is 0 Å². The number of piperidine rings is 1. The number of nitrogens with one attached hydrogen (secondary N) is 1. The molecule has 0 spiro atoms. The Kier molecular flexibility index (Phi) is 8.80. The van der Waals surface area contributed by atoms with Crippen LogP contribution in [0.4, 0.5) is 32.2 Å². The van der Waals surface area contributed by atoms with Gasteiger partial charge in [-0.05, 0) is 24.6 Å². The van der Waals surface area contributed by atoms with Crippen LogP contribution in [-0.4, -0.2) is 110 Å². The zero-order valence-electron chi connectivity index (χ0n) is 24.8. The highest BCUT2D eigenvalue weighted by molar-refractivity contribution is 6.03. The number of pyridine rings is 1. The number of methoxy groups -OCH3 is 1. The highest BCUT2D eigenvalue weighted by Crippen LogP contribution is 2.36. The van der Waals surface area contributed by atoms with Crippen LogP contribution in [0.15, 0.2) is 24.7 Å². The van der Waals surface area contributed by atoms with Crippen molar-refractivity contribution in [2.45, 2.75) is 62.6 Å². The first-order chi connectivity index (χ1) is 21.5. The van der Waals surface area contributed by atoms with Crippen molar-refractivity contribution in [2.24, 2.45) is 0 Å². The number of fused-ring (bicyclic) bond motifs is 1. The van der Waals surface area contributed by atoms with Crippen LogP contribution >= 0.6 is 0 Å². The van der Waals surface area contributed by atoms with E-state index in [4.69, 9.17) is 10.5 Å². The lowest BCUT2D eigenvalue weighted by Gasteiger charge is -2.31. The highest BCUT2D eigenvalue weighted by atomic mass is 19.4. The lowest BCUT2D eigenvalue weighted by Crippen LogP contribution is -2.47. The van der Waals surface area contributed by atoms with Gasteiger partial charge in [0.05, 0.1) is 31.8 Å². The van der Waals surface area contributed by atoms with Crippen LogP contribution in [0, 0.1) is 0 Å². The fraction of sp³-hybridized carbons (Fsp3) is 0.536. The molecule has 0 saturated carbocycles. The predicted molar refractivity (Wildman–Crippen MR) is 151 cm³/mol. The molecule has 250 valence electrons. The summed E-state index contributed by atoms with van der Waals surface area (Å²) >= 11 is 0. The quantitative estimate of drug-likeness (QED) is 0.311. The van der Waals surface area contributed by atoms with Crippen LogP contribution in [0.5, 0.6) is 5.88 Å². The SMILES string of the molecule is COc1nccc(-c2cc(CN3CCC(F)(F)CC3)c3c(N)ncnn23)c1C(=O)N[C@@H]1CN(C(=O)CC(C)(O)C(F)(F)F)C[C@@H]1F. The largest absolute Gasteiger partial charge is 0.480 e. The van der Waals surface area contributed by atoms with E-state index in [0.717, 1.165) is 4.90 Å². The van der Waals surface area contributed by atoms with Crippen LogP contribution in [-0.2, 0) is 11.3 Å². The molecule has 0 bridgehead atoms. The molecule has 0 aromatic carbocycles. The number of nitrogens with zero attached hydrogens (tertiary/aromatic N) is 6. The van der Waals surface area contributed by atoms with Crippen LogP contribution in [0.3, 0.4) is 0 Å². The second-order valence-corrected chi connectivity index (χ2v) is 11.7. The first kappa shape index (κ1) is 33.2. The molecule has 18 heteroatoms. The van der Waals surface area contributed by atoms with Crippen molar-refractivity contribution in [3.05, 3.63) is 35.8 Å². The summed E-state index contributed by atoms with van der Waals surface area (Å²) in [5.74, 6) is -4.78. The van der Waals surface area contributed by atoms with Gasteiger partial charge in [-0.25, -0.2) is 27.7 Å². The van der Waals surface area contributed by atoms with E-state index in [1.165, 1.54) is 30.2 Å². The summed E-state index contributed by atoms with van der Waals surface area (Å²) in [5, 5.41) is 16.5. The van der Waals surface area contributed by atoms with Gasteiger partial charge < -0.3 is 25.8 Å². The van der Waals surface area contributed by atoms with Crippen molar-refractivity contribution in [3.63, 3.8) is 0 Å². The van der Waals surface area contributed by atoms with Crippen molar-refractivity contribution in [1.82, 2.24) is 34.7 Å². The van der Waals surface area contributed by atoms with Gasteiger partial charge in [-0.3, -0.25) is 14.5 Å². The molecule has 1 unspecified atom stereocenters. The van der Waals surface area contributed by atoms with Gasteiger partial charge >= 0.3 is 6.18 Å². The second kappa shape index (κ2) is 12.2. The second-order valence-electron chi connectivity index (χ2n) is 11.7. The van der Waals surface area contributed by atoms with E-state index in [9.17, 15) is 36.6 Å². The number of likely N-dealkylation sites (tertiary alicyclic amines) is 2. The average molecular weight is 659 g/mol. The number of ether oxygens (including phenoxy) is 1. The van der Waals surface area contributed by atoms with Crippen molar-refractivity contribution < 1.29 is 45.8 Å². The third-order valence-corrected chi connectivity index (χ3v) is 8.28. The summed E-state index contributed by atoms with van der Waals surface area (Å²) in [5.41, 5.74) is 4.30. The van der Waals surface area contributed by atoms with Crippen LogP contribution in [0.2, 0.25) is 0 Å².